The Balaban J connectivity index is 1.45. The van der Waals surface area contributed by atoms with Crippen molar-refractivity contribution in [2.24, 2.45) is 13.0 Å². The van der Waals surface area contributed by atoms with Gasteiger partial charge in [0.2, 0.25) is 15.9 Å². The quantitative estimate of drug-likeness (QED) is 0.680. The molecule has 0 radical (unpaired) electrons. The van der Waals surface area contributed by atoms with E-state index >= 15 is 0 Å². The number of hydrogen-bond acceptors (Lipinski definition) is 6. The molecule has 33 heavy (non-hydrogen) atoms. The molecule has 2 aliphatic rings. The van der Waals surface area contributed by atoms with E-state index in [9.17, 15) is 18.0 Å². The zero-order valence-corrected chi connectivity index (χ0v) is 20.4. The number of fused-ring (bicyclic) bond motifs is 1. The van der Waals surface area contributed by atoms with Crippen molar-refractivity contribution in [1.29, 1.82) is 0 Å². The van der Waals surface area contributed by atoms with Crippen LogP contribution in [0.3, 0.4) is 0 Å². The lowest BCUT2D eigenvalue weighted by Gasteiger charge is -2.41. The van der Waals surface area contributed by atoms with E-state index in [-0.39, 0.29) is 22.3 Å². The monoisotopic (exact) mass is 478 g/mol. The van der Waals surface area contributed by atoms with Crippen molar-refractivity contribution >= 4 is 27.0 Å². The fraction of sp³-hybridized carbons (Fsp3) is 0.652. The van der Waals surface area contributed by atoms with Gasteiger partial charge in [0.05, 0.1) is 10.4 Å². The van der Waals surface area contributed by atoms with Crippen LogP contribution in [0.4, 0.5) is 0 Å². The molecule has 1 aliphatic carbocycles. The third-order valence-corrected chi connectivity index (χ3v) is 8.44. The van der Waals surface area contributed by atoms with E-state index in [2.05, 4.69) is 9.62 Å². The van der Waals surface area contributed by atoms with E-state index < -0.39 is 21.8 Å². The van der Waals surface area contributed by atoms with Crippen LogP contribution in [-0.4, -0.2) is 67.0 Å². The molecular weight excluding hydrogens is 444 g/mol. The van der Waals surface area contributed by atoms with E-state index in [1.165, 1.54) is 54.9 Å². The molecule has 1 unspecified atom stereocenters. The summed E-state index contributed by atoms with van der Waals surface area (Å²) >= 11 is 0. The van der Waals surface area contributed by atoms with Gasteiger partial charge in [0.1, 0.15) is 6.04 Å². The summed E-state index contributed by atoms with van der Waals surface area (Å²) < 4.78 is 35.3. The fourth-order valence-corrected chi connectivity index (χ4v) is 6.29. The van der Waals surface area contributed by atoms with Crippen LogP contribution >= 0.6 is 0 Å². The molecule has 2 fully saturated rings. The Morgan fingerprint density at radius 2 is 1.76 bits per heavy atom. The molecule has 0 bridgehead atoms. The Hall–Kier alpha value is -2.17. The molecule has 10 heteroatoms. The Labute approximate surface area is 194 Å². The lowest BCUT2D eigenvalue weighted by atomic mass is 9.93. The van der Waals surface area contributed by atoms with Crippen LogP contribution in [0, 0.1) is 5.92 Å². The molecule has 1 N–H and O–H groups in total. The minimum Gasteiger partial charge on any atom is -0.408 e. The van der Waals surface area contributed by atoms with Gasteiger partial charge in [0.25, 0.3) is 0 Å². The summed E-state index contributed by atoms with van der Waals surface area (Å²) in [6, 6.07) is 4.03. The van der Waals surface area contributed by atoms with Gasteiger partial charge < -0.3 is 9.32 Å². The van der Waals surface area contributed by atoms with Crippen LogP contribution in [0.25, 0.3) is 11.1 Å². The van der Waals surface area contributed by atoms with Crippen molar-refractivity contribution in [3.63, 3.8) is 0 Å². The van der Waals surface area contributed by atoms with Gasteiger partial charge in [-0.25, -0.2) is 13.2 Å². The van der Waals surface area contributed by atoms with Gasteiger partial charge in [0.15, 0.2) is 5.58 Å². The number of carbonyl (C=O) groups excluding carboxylic acids is 1. The number of aromatic nitrogens is 1. The Morgan fingerprint density at radius 3 is 2.39 bits per heavy atom. The first-order valence-electron chi connectivity index (χ1n) is 11.8. The number of rotatable bonds is 6. The summed E-state index contributed by atoms with van der Waals surface area (Å²) in [5.74, 6) is -0.971. The number of nitrogens with one attached hydrogen (secondary N) is 1. The lowest BCUT2D eigenvalue weighted by molar-refractivity contribution is -0.136. The smallest absolute Gasteiger partial charge is 0.408 e. The number of aryl methyl sites for hydroxylation is 1. The van der Waals surface area contributed by atoms with Crippen LogP contribution in [0.1, 0.15) is 46.0 Å². The molecule has 1 amide bonds. The highest BCUT2D eigenvalue weighted by Gasteiger charge is 2.34. The van der Waals surface area contributed by atoms with Gasteiger partial charge in [-0.1, -0.05) is 33.1 Å². The second-order valence-electron chi connectivity index (χ2n) is 9.55. The van der Waals surface area contributed by atoms with Crippen LogP contribution in [0.5, 0.6) is 0 Å². The van der Waals surface area contributed by atoms with Crippen molar-refractivity contribution < 1.29 is 17.6 Å². The van der Waals surface area contributed by atoms with E-state index in [0.29, 0.717) is 24.6 Å². The van der Waals surface area contributed by atoms with Gasteiger partial charge in [-0.05, 0) is 30.9 Å². The molecule has 0 spiro atoms. The zero-order valence-electron chi connectivity index (χ0n) is 19.6. The maximum absolute atomic E-state index is 13.3. The molecule has 1 aromatic heterocycles. The topological polar surface area (TPSA) is 105 Å². The average Bonchev–Trinajstić information content (AvgIpc) is 3.10. The molecule has 1 saturated carbocycles. The minimum atomic E-state index is -3.99. The maximum Gasteiger partial charge on any atom is 0.419 e. The molecule has 1 aliphatic heterocycles. The standard InChI is InChI=1S/C23H34N4O5S/c1-16(2)21(22(28)27-13-11-26(12-14-27)17-7-5-4-6-8-17)24-33(30,31)18-9-10-19-20(15-18)32-23(29)25(19)3/h9-10,15-17,21,24H,4-8,11-14H2,1-3H3. The van der Waals surface area contributed by atoms with Crippen LogP contribution in [-0.2, 0) is 21.9 Å². The number of carbonyl (C=O) groups is 1. The Bertz CT molecular complexity index is 1160. The van der Waals surface area contributed by atoms with Crippen LogP contribution < -0.4 is 10.5 Å². The second kappa shape index (κ2) is 9.60. The third-order valence-electron chi connectivity index (χ3n) is 7.01. The first-order valence-corrected chi connectivity index (χ1v) is 13.3. The fourth-order valence-electron chi connectivity index (χ4n) is 4.94. The first kappa shape index (κ1) is 24.0. The number of oxazole rings is 1. The van der Waals surface area contributed by atoms with Crippen molar-refractivity contribution in [1.82, 2.24) is 19.1 Å². The van der Waals surface area contributed by atoms with Crippen molar-refractivity contribution in [2.45, 2.75) is 62.9 Å². The summed E-state index contributed by atoms with van der Waals surface area (Å²) in [6.45, 7) is 6.56. The van der Waals surface area contributed by atoms with Gasteiger partial charge in [-0.2, -0.15) is 4.72 Å². The summed E-state index contributed by atoms with van der Waals surface area (Å²) in [5.41, 5.74) is 0.697. The zero-order chi connectivity index (χ0) is 23.8. The summed E-state index contributed by atoms with van der Waals surface area (Å²) in [7, 11) is -2.43. The molecule has 9 nitrogen and oxygen atoms in total. The van der Waals surface area contributed by atoms with Gasteiger partial charge in [-0.3, -0.25) is 14.3 Å². The average molecular weight is 479 g/mol. The van der Waals surface area contributed by atoms with E-state index in [4.69, 9.17) is 4.42 Å². The van der Waals surface area contributed by atoms with Crippen molar-refractivity contribution in [2.75, 3.05) is 26.2 Å². The Morgan fingerprint density at radius 1 is 1.09 bits per heavy atom. The largest absolute Gasteiger partial charge is 0.419 e. The number of hydrogen-bond donors (Lipinski definition) is 1. The maximum atomic E-state index is 13.3. The summed E-state index contributed by atoms with van der Waals surface area (Å²) in [6.07, 6.45) is 6.33. The lowest BCUT2D eigenvalue weighted by Crippen LogP contribution is -2.57. The highest BCUT2D eigenvalue weighted by molar-refractivity contribution is 7.89. The predicted molar refractivity (Wildman–Crippen MR) is 125 cm³/mol. The molecule has 4 rings (SSSR count). The van der Waals surface area contributed by atoms with Crippen LogP contribution in [0.2, 0.25) is 0 Å². The van der Waals surface area contributed by atoms with Gasteiger partial charge in [0, 0.05) is 45.3 Å². The molecule has 2 aromatic rings. The number of amides is 1. The van der Waals surface area contributed by atoms with Crippen molar-refractivity contribution in [3.8, 4) is 0 Å². The van der Waals surface area contributed by atoms with Gasteiger partial charge >= 0.3 is 5.76 Å². The number of sulfonamides is 1. The highest BCUT2D eigenvalue weighted by Crippen LogP contribution is 2.24. The highest BCUT2D eigenvalue weighted by atomic mass is 32.2. The number of piperazine rings is 1. The van der Waals surface area contributed by atoms with Crippen molar-refractivity contribution in [3.05, 3.63) is 28.7 Å². The van der Waals surface area contributed by atoms with E-state index in [1.54, 1.807) is 11.9 Å². The van der Waals surface area contributed by atoms with Crippen LogP contribution in [0.15, 0.2) is 32.3 Å². The summed E-state index contributed by atoms with van der Waals surface area (Å²) in [4.78, 5) is 29.3. The first-order chi connectivity index (χ1) is 15.7. The van der Waals surface area contributed by atoms with E-state index in [0.717, 1.165) is 13.1 Å². The van der Waals surface area contributed by atoms with Gasteiger partial charge in [-0.15, -0.1) is 0 Å². The number of nitrogens with zero attached hydrogens (tertiary/aromatic N) is 3. The minimum absolute atomic E-state index is 0.0371. The summed E-state index contributed by atoms with van der Waals surface area (Å²) in [5, 5.41) is 0. The third kappa shape index (κ3) is 5.02. The van der Waals surface area contributed by atoms with E-state index in [1.807, 2.05) is 13.8 Å². The molecule has 1 atom stereocenters. The molecule has 2 heterocycles. The molecule has 1 aromatic carbocycles. The molecule has 182 valence electrons. The number of benzene rings is 1. The Kier molecular flexibility index (Phi) is 6.97. The SMILES string of the molecule is CC(C)C(NS(=O)(=O)c1ccc2c(c1)oc(=O)n2C)C(=O)N1CCN(C2CCCCC2)CC1. The predicted octanol–water partition coefficient (Wildman–Crippen LogP) is 1.91. The second-order valence-corrected chi connectivity index (χ2v) is 11.3. The normalized spacial score (nSPS) is 19.9. The molecule has 1 saturated heterocycles. The molecular formula is C23H34N4O5S.